The molecule has 2 N–H and O–H groups in total. The lowest BCUT2D eigenvalue weighted by atomic mass is 10.4. The summed E-state index contributed by atoms with van der Waals surface area (Å²) >= 11 is 1.67. The number of nitrogens with zero attached hydrogens (tertiary/aromatic N) is 1. The molecule has 0 atom stereocenters. The molecule has 0 bridgehead atoms. The number of hydrogen-bond acceptors (Lipinski definition) is 3. The molecule has 1 amide bonds. The van der Waals surface area contributed by atoms with Gasteiger partial charge in [0.25, 0.3) is 0 Å². The highest BCUT2D eigenvalue weighted by Gasteiger charge is 1.96. The third kappa shape index (κ3) is 4.52. The molecule has 4 heteroatoms. The summed E-state index contributed by atoms with van der Waals surface area (Å²) in [4.78, 5) is 14.6. The predicted octanol–water partition coefficient (Wildman–Crippen LogP) is 1.19. The minimum Gasteiger partial charge on any atom is -0.370 e. The zero-order valence-electron chi connectivity index (χ0n) is 7.27. The second-order valence-corrected chi connectivity index (χ2v) is 3.70. The molecule has 1 rings (SSSR count). The molecule has 13 heavy (non-hydrogen) atoms. The Morgan fingerprint density at radius 1 is 1.54 bits per heavy atom. The fraction of sp³-hybridized carbons (Fsp3) is 0.333. The van der Waals surface area contributed by atoms with Gasteiger partial charge in [0.05, 0.1) is 5.69 Å². The Hall–Kier alpha value is -1.03. The van der Waals surface area contributed by atoms with Crippen molar-refractivity contribution in [2.75, 3.05) is 5.75 Å². The van der Waals surface area contributed by atoms with Gasteiger partial charge in [0.1, 0.15) is 0 Å². The van der Waals surface area contributed by atoms with Gasteiger partial charge in [0, 0.05) is 24.1 Å². The molecule has 0 saturated heterocycles. The molecule has 0 aliphatic heterocycles. The topological polar surface area (TPSA) is 56.0 Å². The Morgan fingerprint density at radius 2 is 2.38 bits per heavy atom. The van der Waals surface area contributed by atoms with E-state index in [1.165, 1.54) is 0 Å². The van der Waals surface area contributed by atoms with Crippen LogP contribution in [0.2, 0.25) is 0 Å². The average molecular weight is 196 g/mol. The van der Waals surface area contributed by atoms with Crippen LogP contribution in [0.1, 0.15) is 12.1 Å². The largest absolute Gasteiger partial charge is 0.370 e. The molecule has 0 fully saturated rings. The van der Waals surface area contributed by atoms with Crippen LogP contribution in [0.25, 0.3) is 0 Å². The number of amides is 1. The molecule has 0 spiro atoms. The van der Waals surface area contributed by atoms with Crippen LogP contribution in [0.5, 0.6) is 0 Å². The van der Waals surface area contributed by atoms with Gasteiger partial charge < -0.3 is 5.73 Å². The zero-order chi connectivity index (χ0) is 9.52. The van der Waals surface area contributed by atoms with E-state index < -0.39 is 0 Å². The molecule has 1 heterocycles. The highest BCUT2D eigenvalue weighted by molar-refractivity contribution is 7.98. The quantitative estimate of drug-likeness (QED) is 0.720. The van der Waals surface area contributed by atoms with Gasteiger partial charge in [0.15, 0.2) is 0 Å². The van der Waals surface area contributed by atoms with Gasteiger partial charge >= 0.3 is 0 Å². The van der Waals surface area contributed by atoms with Crippen LogP contribution in [-0.4, -0.2) is 16.6 Å². The lowest BCUT2D eigenvalue weighted by Gasteiger charge is -1.98. The van der Waals surface area contributed by atoms with Crippen molar-refractivity contribution in [2.24, 2.45) is 5.73 Å². The summed E-state index contributed by atoms with van der Waals surface area (Å²) in [6, 6.07) is 5.81. The number of carbonyl (C=O) groups excluding carboxylic acids is 1. The maximum Gasteiger partial charge on any atom is 0.218 e. The van der Waals surface area contributed by atoms with E-state index in [9.17, 15) is 4.79 Å². The van der Waals surface area contributed by atoms with E-state index in [1.54, 1.807) is 18.0 Å². The van der Waals surface area contributed by atoms with Gasteiger partial charge in [-0.2, -0.15) is 11.8 Å². The van der Waals surface area contributed by atoms with Crippen LogP contribution in [0.4, 0.5) is 0 Å². The Morgan fingerprint density at radius 3 is 3.00 bits per heavy atom. The van der Waals surface area contributed by atoms with Crippen molar-refractivity contribution in [3.8, 4) is 0 Å². The number of primary amides is 1. The first-order valence-electron chi connectivity index (χ1n) is 4.05. The lowest BCUT2D eigenvalue weighted by molar-refractivity contribution is -0.117. The predicted molar refractivity (Wildman–Crippen MR) is 54.2 cm³/mol. The zero-order valence-corrected chi connectivity index (χ0v) is 8.09. The number of hydrogen-bond donors (Lipinski definition) is 1. The molecule has 0 saturated carbocycles. The lowest BCUT2D eigenvalue weighted by Crippen LogP contribution is -2.10. The molecule has 0 radical (unpaired) electrons. The van der Waals surface area contributed by atoms with Crippen LogP contribution in [0.15, 0.2) is 24.4 Å². The van der Waals surface area contributed by atoms with E-state index >= 15 is 0 Å². The van der Waals surface area contributed by atoms with Gasteiger partial charge in [0.2, 0.25) is 5.91 Å². The summed E-state index contributed by atoms with van der Waals surface area (Å²) in [5.41, 5.74) is 6.04. The van der Waals surface area contributed by atoms with Crippen molar-refractivity contribution in [3.63, 3.8) is 0 Å². The van der Waals surface area contributed by atoms with Crippen molar-refractivity contribution < 1.29 is 4.79 Å². The first-order valence-corrected chi connectivity index (χ1v) is 5.20. The monoisotopic (exact) mass is 196 g/mol. The fourth-order valence-corrected chi connectivity index (χ4v) is 1.70. The smallest absolute Gasteiger partial charge is 0.218 e. The van der Waals surface area contributed by atoms with Gasteiger partial charge in [-0.05, 0) is 12.1 Å². The molecule has 0 aromatic carbocycles. The van der Waals surface area contributed by atoms with Gasteiger partial charge in [-0.3, -0.25) is 9.78 Å². The molecule has 0 aliphatic rings. The fourth-order valence-electron chi connectivity index (χ4n) is 0.833. The number of pyridine rings is 1. The number of carbonyl (C=O) groups is 1. The number of aromatic nitrogens is 1. The summed E-state index contributed by atoms with van der Waals surface area (Å²) < 4.78 is 0. The molecule has 1 aromatic heterocycles. The van der Waals surface area contributed by atoms with Gasteiger partial charge in [-0.25, -0.2) is 0 Å². The van der Waals surface area contributed by atoms with E-state index in [0.717, 1.165) is 17.2 Å². The summed E-state index contributed by atoms with van der Waals surface area (Å²) in [7, 11) is 0. The molecular weight excluding hydrogens is 184 g/mol. The van der Waals surface area contributed by atoms with Gasteiger partial charge in [-0.15, -0.1) is 0 Å². The minimum absolute atomic E-state index is 0.242. The standard InChI is InChI=1S/C9H12N2OS/c10-9(12)4-6-13-7-8-3-1-2-5-11-8/h1-3,5H,4,6-7H2,(H2,10,12). The molecule has 70 valence electrons. The third-order valence-electron chi connectivity index (χ3n) is 1.47. The third-order valence-corrected chi connectivity index (χ3v) is 2.46. The maximum absolute atomic E-state index is 10.4. The van der Waals surface area contributed by atoms with Gasteiger partial charge in [-0.1, -0.05) is 6.07 Å². The summed E-state index contributed by atoms with van der Waals surface area (Å²) in [5.74, 6) is 1.37. The van der Waals surface area contributed by atoms with Crippen molar-refractivity contribution in [1.29, 1.82) is 0 Å². The summed E-state index contributed by atoms with van der Waals surface area (Å²) in [6.07, 6.45) is 2.21. The van der Waals surface area contributed by atoms with E-state index in [4.69, 9.17) is 5.73 Å². The van der Waals surface area contributed by atoms with E-state index in [0.29, 0.717) is 6.42 Å². The minimum atomic E-state index is -0.242. The Bertz CT molecular complexity index is 264. The normalized spacial score (nSPS) is 9.85. The van der Waals surface area contributed by atoms with Crippen LogP contribution in [0, 0.1) is 0 Å². The molecule has 0 unspecified atom stereocenters. The Kier molecular flexibility index (Phi) is 4.32. The second kappa shape index (κ2) is 5.59. The first-order chi connectivity index (χ1) is 6.29. The summed E-state index contributed by atoms with van der Waals surface area (Å²) in [5, 5.41) is 0. The molecular formula is C9H12N2OS. The Balaban J connectivity index is 2.17. The van der Waals surface area contributed by atoms with Crippen LogP contribution >= 0.6 is 11.8 Å². The van der Waals surface area contributed by atoms with E-state index in [-0.39, 0.29) is 5.91 Å². The molecule has 3 nitrogen and oxygen atoms in total. The Labute approximate surface area is 81.7 Å². The van der Waals surface area contributed by atoms with Crippen molar-refractivity contribution in [2.45, 2.75) is 12.2 Å². The first kappa shape index (κ1) is 10.1. The van der Waals surface area contributed by atoms with Crippen LogP contribution < -0.4 is 5.73 Å². The van der Waals surface area contributed by atoms with E-state index in [1.807, 2.05) is 18.2 Å². The highest BCUT2D eigenvalue weighted by atomic mass is 32.2. The van der Waals surface area contributed by atoms with Crippen LogP contribution in [0.3, 0.4) is 0 Å². The molecule has 0 aliphatic carbocycles. The SMILES string of the molecule is NC(=O)CCSCc1ccccn1. The second-order valence-electron chi connectivity index (χ2n) is 2.59. The average Bonchev–Trinajstić information content (AvgIpc) is 2.14. The number of nitrogens with two attached hydrogens (primary N) is 1. The van der Waals surface area contributed by atoms with Crippen molar-refractivity contribution >= 4 is 17.7 Å². The molecule has 1 aromatic rings. The van der Waals surface area contributed by atoms with E-state index in [2.05, 4.69) is 4.98 Å². The van der Waals surface area contributed by atoms with Crippen molar-refractivity contribution in [1.82, 2.24) is 4.98 Å². The van der Waals surface area contributed by atoms with Crippen molar-refractivity contribution in [3.05, 3.63) is 30.1 Å². The maximum atomic E-state index is 10.4. The van der Waals surface area contributed by atoms with Crippen LogP contribution in [-0.2, 0) is 10.5 Å². The number of thioether (sulfide) groups is 1. The number of rotatable bonds is 5. The highest BCUT2D eigenvalue weighted by Crippen LogP contribution is 2.09. The summed E-state index contributed by atoms with van der Waals surface area (Å²) in [6.45, 7) is 0.